The average molecular weight is 294 g/mol. The smallest absolute Gasteiger partial charge is 0.331 e. The van der Waals surface area contributed by atoms with Gasteiger partial charge in [0.15, 0.2) is 6.61 Å². The third-order valence-corrected chi connectivity index (χ3v) is 2.16. The van der Waals surface area contributed by atoms with Crippen molar-refractivity contribution in [3.63, 3.8) is 0 Å². The SMILES string of the molecule is Cc1ccc(C=CC(=O)OCC(=O)NC(=O)NC(C)C)o1. The minimum Gasteiger partial charge on any atom is -0.462 e. The van der Waals surface area contributed by atoms with Crippen molar-refractivity contribution >= 4 is 24.0 Å². The first-order valence-corrected chi connectivity index (χ1v) is 6.38. The maximum absolute atomic E-state index is 11.4. The molecule has 0 fully saturated rings. The van der Waals surface area contributed by atoms with Gasteiger partial charge < -0.3 is 14.5 Å². The molecule has 0 saturated carbocycles. The van der Waals surface area contributed by atoms with Crippen molar-refractivity contribution in [1.29, 1.82) is 0 Å². The molecule has 114 valence electrons. The second-order valence-corrected chi connectivity index (χ2v) is 4.57. The van der Waals surface area contributed by atoms with Crippen LogP contribution in [-0.4, -0.2) is 30.6 Å². The summed E-state index contributed by atoms with van der Waals surface area (Å²) in [6.45, 7) is 4.75. The molecule has 0 aliphatic heterocycles. The number of amides is 3. The van der Waals surface area contributed by atoms with Crippen LogP contribution in [0.15, 0.2) is 22.6 Å². The number of aryl methyl sites for hydroxylation is 1. The Morgan fingerprint density at radius 3 is 2.62 bits per heavy atom. The van der Waals surface area contributed by atoms with E-state index in [2.05, 4.69) is 10.1 Å². The van der Waals surface area contributed by atoms with E-state index < -0.39 is 24.5 Å². The van der Waals surface area contributed by atoms with E-state index in [0.717, 1.165) is 11.8 Å². The second-order valence-electron chi connectivity index (χ2n) is 4.57. The fraction of sp³-hybridized carbons (Fsp3) is 0.357. The zero-order valence-electron chi connectivity index (χ0n) is 12.1. The number of esters is 1. The molecule has 0 spiro atoms. The molecule has 1 heterocycles. The molecule has 0 saturated heterocycles. The molecular weight excluding hydrogens is 276 g/mol. The van der Waals surface area contributed by atoms with Gasteiger partial charge in [0.2, 0.25) is 0 Å². The predicted octanol–water partition coefficient (Wildman–Crippen LogP) is 1.38. The minimum absolute atomic E-state index is 0.0972. The van der Waals surface area contributed by atoms with Gasteiger partial charge in [0, 0.05) is 12.1 Å². The van der Waals surface area contributed by atoms with Crippen molar-refractivity contribution in [1.82, 2.24) is 10.6 Å². The number of hydrogen-bond donors (Lipinski definition) is 2. The van der Waals surface area contributed by atoms with E-state index in [4.69, 9.17) is 4.42 Å². The van der Waals surface area contributed by atoms with Gasteiger partial charge in [-0.2, -0.15) is 0 Å². The summed E-state index contributed by atoms with van der Waals surface area (Å²) >= 11 is 0. The zero-order chi connectivity index (χ0) is 15.8. The Kier molecular flexibility index (Phi) is 6.19. The standard InChI is InChI=1S/C14H18N2O5/c1-9(2)15-14(19)16-12(17)8-20-13(18)7-6-11-5-4-10(3)21-11/h4-7,9H,8H2,1-3H3,(H2,15,16,17,19). The van der Waals surface area contributed by atoms with Crippen LogP contribution in [0, 0.1) is 6.92 Å². The Hall–Kier alpha value is -2.57. The summed E-state index contributed by atoms with van der Waals surface area (Å²) in [5.41, 5.74) is 0. The zero-order valence-corrected chi connectivity index (χ0v) is 12.1. The Balaban J connectivity index is 2.31. The molecule has 0 aliphatic carbocycles. The van der Waals surface area contributed by atoms with Crippen LogP contribution in [0.25, 0.3) is 6.08 Å². The molecule has 2 N–H and O–H groups in total. The highest BCUT2D eigenvalue weighted by Gasteiger charge is 2.10. The number of hydrogen-bond acceptors (Lipinski definition) is 5. The predicted molar refractivity (Wildman–Crippen MR) is 75.2 cm³/mol. The Morgan fingerprint density at radius 2 is 2.05 bits per heavy atom. The summed E-state index contributed by atoms with van der Waals surface area (Å²) < 4.78 is 9.90. The first-order chi connectivity index (χ1) is 9.86. The van der Waals surface area contributed by atoms with Crippen molar-refractivity contribution in [2.45, 2.75) is 26.8 Å². The van der Waals surface area contributed by atoms with Crippen molar-refractivity contribution in [2.75, 3.05) is 6.61 Å². The summed E-state index contributed by atoms with van der Waals surface area (Å²) in [5, 5.41) is 4.51. The van der Waals surface area contributed by atoms with Crippen LogP contribution in [0.2, 0.25) is 0 Å². The van der Waals surface area contributed by atoms with Crippen molar-refractivity contribution in [3.8, 4) is 0 Å². The molecule has 0 atom stereocenters. The maximum Gasteiger partial charge on any atom is 0.331 e. The third kappa shape index (κ3) is 6.95. The lowest BCUT2D eigenvalue weighted by Gasteiger charge is -2.08. The molecule has 0 radical (unpaired) electrons. The van der Waals surface area contributed by atoms with E-state index in [9.17, 15) is 14.4 Å². The Morgan fingerprint density at radius 1 is 1.33 bits per heavy atom. The van der Waals surface area contributed by atoms with E-state index in [1.165, 1.54) is 6.08 Å². The first kappa shape index (κ1) is 16.5. The van der Waals surface area contributed by atoms with Gasteiger partial charge >= 0.3 is 12.0 Å². The molecule has 3 amide bonds. The lowest BCUT2D eigenvalue weighted by atomic mass is 10.4. The van der Waals surface area contributed by atoms with Crippen LogP contribution in [-0.2, 0) is 14.3 Å². The van der Waals surface area contributed by atoms with E-state index >= 15 is 0 Å². The molecule has 0 unspecified atom stereocenters. The normalized spacial score (nSPS) is 10.7. The molecule has 1 aromatic rings. The molecular formula is C14H18N2O5. The van der Waals surface area contributed by atoms with Crippen molar-refractivity contribution in [2.24, 2.45) is 0 Å². The third-order valence-electron chi connectivity index (χ3n) is 2.16. The number of carbonyl (C=O) groups is 3. The van der Waals surface area contributed by atoms with Gasteiger partial charge in [-0.1, -0.05) is 0 Å². The Bertz CT molecular complexity index is 545. The molecule has 1 rings (SSSR count). The van der Waals surface area contributed by atoms with Crippen molar-refractivity contribution in [3.05, 3.63) is 29.7 Å². The van der Waals surface area contributed by atoms with Gasteiger partial charge in [-0.25, -0.2) is 9.59 Å². The lowest BCUT2D eigenvalue weighted by molar-refractivity contribution is -0.143. The highest BCUT2D eigenvalue weighted by molar-refractivity contribution is 5.96. The van der Waals surface area contributed by atoms with E-state index in [1.54, 1.807) is 32.9 Å². The Labute approximate surface area is 122 Å². The molecule has 0 aliphatic rings. The fourth-order valence-electron chi connectivity index (χ4n) is 1.34. The number of carbonyl (C=O) groups excluding carboxylic acids is 3. The maximum atomic E-state index is 11.4. The topological polar surface area (TPSA) is 97.6 Å². The molecule has 7 heteroatoms. The largest absolute Gasteiger partial charge is 0.462 e. The quantitative estimate of drug-likeness (QED) is 0.631. The van der Waals surface area contributed by atoms with Crippen LogP contribution in [0.1, 0.15) is 25.4 Å². The van der Waals surface area contributed by atoms with Gasteiger partial charge in [-0.3, -0.25) is 10.1 Å². The number of ether oxygens (including phenoxy) is 1. The molecule has 21 heavy (non-hydrogen) atoms. The molecule has 0 bridgehead atoms. The highest BCUT2D eigenvalue weighted by atomic mass is 16.5. The number of rotatable bonds is 5. The monoisotopic (exact) mass is 294 g/mol. The molecule has 0 aromatic carbocycles. The number of imide groups is 1. The van der Waals surface area contributed by atoms with E-state index in [0.29, 0.717) is 5.76 Å². The summed E-state index contributed by atoms with van der Waals surface area (Å²) in [6, 6.07) is 2.72. The lowest BCUT2D eigenvalue weighted by Crippen LogP contribution is -2.43. The summed E-state index contributed by atoms with van der Waals surface area (Å²) in [6.07, 6.45) is 2.57. The summed E-state index contributed by atoms with van der Waals surface area (Å²) in [5.74, 6) is -0.184. The van der Waals surface area contributed by atoms with Gasteiger partial charge in [0.25, 0.3) is 5.91 Å². The van der Waals surface area contributed by atoms with Gasteiger partial charge in [-0.05, 0) is 39.0 Å². The first-order valence-electron chi connectivity index (χ1n) is 6.38. The summed E-state index contributed by atoms with van der Waals surface area (Å²) in [4.78, 5) is 33.9. The van der Waals surface area contributed by atoms with Crippen LogP contribution >= 0.6 is 0 Å². The van der Waals surface area contributed by atoms with Crippen LogP contribution in [0.4, 0.5) is 4.79 Å². The number of urea groups is 1. The summed E-state index contributed by atoms with van der Waals surface area (Å²) in [7, 11) is 0. The van der Waals surface area contributed by atoms with Gasteiger partial charge in [0.05, 0.1) is 0 Å². The van der Waals surface area contributed by atoms with Gasteiger partial charge in [0.1, 0.15) is 11.5 Å². The van der Waals surface area contributed by atoms with Crippen LogP contribution in [0.5, 0.6) is 0 Å². The van der Waals surface area contributed by atoms with Crippen molar-refractivity contribution < 1.29 is 23.5 Å². The minimum atomic E-state index is -0.705. The van der Waals surface area contributed by atoms with E-state index in [1.807, 2.05) is 5.32 Å². The van der Waals surface area contributed by atoms with Gasteiger partial charge in [-0.15, -0.1) is 0 Å². The average Bonchev–Trinajstić information content (AvgIpc) is 2.78. The van der Waals surface area contributed by atoms with E-state index in [-0.39, 0.29) is 6.04 Å². The highest BCUT2D eigenvalue weighted by Crippen LogP contribution is 2.07. The number of nitrogens with one attached hydrogen (secondary N) is 2. The molecule has 1 aromatic heterocycles. The second kappa shape index (κ2) is 7.88. The fourth-order valence-corrected chi connectivity index (χ4v) is 1.34. The molecule has 7 nitrogen and oxygen atoms in total. The van der Waals surface area contributed by atoms with Crippen LogP contribution in [0.3, 0.4) is 0 Å². The number of furan rings is 1. The van der Waals surface area contributed by atoms with Crippen LogP contribution < -0.4 is 10.6 Å².